The van der Waals surface area contributed by atoms with Crippen LogP contribution in [0.1, 0.15) is 23.7 Å². The summed E-state index contributed by atoms with van der Waals surface area (Å²) in [6.45, 7) is 8.74. The van der Waals surface area contributed by atoms with Gasteiger partial charge in [0.15, 0.2) is 0 Å². The molecule has 1 fully saturated rings. The third-order valence-corrected chi connectivity index (χ3v) is 6.49. The fraction of sp³-hybridized carbons (Fsp3) is 0.333. The van der Waals surface area contributed by atoms with E-state index in [0.29, 0.717) is 0 Å². The number of hydrogen-bond acceptors (Lipinski definition) is 2. The van der Waals surface area contributed by atoms with Gasteiger partial charge >= 0.3 is 0 Å². The van der Waals surface area contributed by atoms with Gasteiger partial charge < -0.3 is 9.47 Å². The summed E-state index contributed by atoms with van der Waals surface area (Å²) in [5.74, 6) is 2.14. The molecule has 0 bridgehead atoms. The summed E-state index contributed by atoms with van der Waals surface area (Å²) < 4.78 is 16.0. The van der Waals surface area contributed by atoms with Crippen LogP contribution in [-0.4, -0.2) is 29.2 Å². The molecule has 2 aromatic carbocycles. The SMILES string of the molecule is CCc1c(N2CCSCC2)c(C)c(-c2ccc(C)cc2)n1-c1ccc(F)cc1. The molecule has 0 N–H and O–H groups in total. The number of halogens is 1. The maximum Gasteiger partial charge on any atom is 0.123 e. The van der Waals surface area contributed by atoms with E-state index in [4.69, 9.17) is 0 Å². The summed E-state index contributed by atoms with van der Waals surface area (Å²) in [5, 5.41) is 0. The summed E-state index contributed by atoms with van der Waals surface area (Å²) >= 11 is 2.03. The Hall–Kier alpha value is -2.20. The van der Waals surface area contributed by atoms with Gasteiger partial charge in [0.1, 0.15) is 5.82 Å². The molecule has 2 heterocycles. The summed E-state index contributed by atoms with van der Waals surface area (Å²) in [6.07, 6.45) is 0.934. The Morgan fingerprint density at radius 2 is 1.57 bits per heavy atom. The zero-order valence-corrected chi connectivity index (χ0v) is 17.7. The zero-order chi connectivity index (χ0) is 19.7. The monoisotopic (exact) mass is 394 g/mol. The van der Waals surface area contributed by atoms with Crippen LogP contribution in [0.25, 0.3) is 16.9 Å². The van der Waals surface area contributed by atoms with Gasteiger partial charge in [0, 0.05) is 36.0 Å². The third kappa shape index (κ3) is 3.46. The van der Waals surface area contributed by atoms with E-state index in [1.54, 1.807) is 12.1 Å². The molecule has 0 atom stereocenters. The Morgan fingerprint density at radius 1 is 0.929 bits per heavy atom. The molecule has 28 heavy (non-hydrogen) atoms. The molecule has 2 nitrogen and oxygen atoms in total. The minimum atomic E-state index is -0.198. The predicted molar refractivity (Wildman–Crippen MR) is 120 cm³/mol. The highest BCUT2D eigenvalue weighted by Crippen LogP contribution is 2.40. The summed E-state index contributed by atoms with van der Waals surface area (Å²) in [4.78, 5) is 2.54. The Labute approximate surface area is 171 Å². The Balaban J connectivity index is 1.97. The molecule has 0 amide bonds. The molecular weight excluding hydrogens is 367 g/mol. The van der Waals surface area contributed by atoms with Crippen molar-refractivity contribution in [3.63, 3.8) is 0 Å². The lowest BCUT2D eigenvalue weighted by Crippen LogP contribution is -2.33. The van der Waals surface area contributed by atoms with Crippen molar-refractivity contribution in [1.82, 2.24) is 4.57 Å². The van der Waals surface area contributed by atoms with Crippen LogP contribution in [0.5, 0.6) is 0 Å². The van der Waals surface area contributed by atoms with Crippen LogP contribution in [0, 0.1) is 19.7 Å². The van der Waals surface area contributed by atoms with Crippen molar-refractivity contribution in [1.29, 1.82) is 0 Å². The van der Waals surface area contributed by atoms with Crippen molar-refractivity contribution in [3.05, 3.63) is 71.2 Å². The summed E-state index contributed by atoms with van der Waals surface area (Å²) in [7, 11) is 0. The maximum absolute atomic E-state index is 13.6. The number of nitrogens with zero attached hydrogens (tertiary/aromatic N) is 2. The van der Waals surface area contributed by atoms with Gasteiger partial charge in [-0.3, -0.25) is 0 Å². The van der Waals surface area contributed by atoms with Crippen LogP contribution in [0.2, 0.25) is 0 Å². The van der Waals surface area contributed by atoms with Crippen LogP contribution in [0.15, 0.2) is 48.5 Å². The zero-order valence-electron chi connectivity index (χ0n) is 16.8. The highest BCUT2D eigenvalue weighted by molar-refractivity contribution is 7.99. The van der Waals surface area contributed by atoms with E-state index in [-0.39, 0.29) is 5.82 Å². The smallest absolute Gasteiger partial charge is 0.123 e. The Morgan fingerprint density at radius 3 is 2.18 bits per heavy atom. The van der Waals surface area contributed by atoms with Crippen molar-refractivity contribution >= 4 is 17.4 Å². The second-order valence-electron chi connectivity index (χ2n) is 7.40. The topological polar surface area (TPSA) is 8.17 Å². The number of rotatable bonds is 4. The normalized spacial score (nSPS) is 14.5. The van der Waals surface area contributed by atoms with E-state index in [9.17, 15) is 4.39 Å². The minimum Gasteiger partial charge on any atom is -0.368 e. The number of anilines is 1. The van der Waals surface area contributed by atoms with Crippen LogP contribution < -0.4 is 4.90 Å². The van der Waals surface area contributed by atoms with Crippen LogP contribution in [0.4, 0.5) is 10.1 Å². The average molecular weight is 395 g/mol. The van der Waals surface area contributed by atoms with Crippen molar-refractivity contribution < 1.29 is 4.39 Å². The molecule has 0 saturated carbocycles. The van der Waals surface area contributed by atoms with E-state index < -0.39 is 0 Å². The molecule has 146 valence electrons. The van der Waals surface area contributed by atoms with Crippen molar-refractivity contribution in [2.24, 2.45) is 0 Å². The van der Waals surface area contributed by atoms with Gasteiger partial charge in [-0.1, -0.05) is 36.8 Å². The van der Waals surface area contributed by atoms with Gasteiger partial charge in [0.2, 0.25) is 0 Å². The number of aromatic nitrogens is 1. The quantitative estimate of drug-likeness (QED) is 0.535. The molecule has 1 aliphatic heterocycles. The molecular formula is C24H27FN2S. The first-order chi connectivity index (χ1) is 13.6. The van der Waals surface area contributed by atoms with Crippen molar-refractivity contribution in [2.45, 2.75) is 27.2 Å². The van der Waals surface area contributed by atoms with Crippen molar-refractivity contribution in [3.8, 4) is 16.9 Å². The number of aryl methyl sites for hydroxylation is 1. The van der Waals surface area contributed by atoms with Crippen molar-refractivity contribution in [2.75, 3.05) is 29.5 Å². The van der Waals surface area contributed by atoms with Gasteiger partial charge in [0.25, 0.3) is 0 Å². The molecule has 0 radical (unpaired) electrons. The third-order valence-electron chi connectivity index (χ3n) is 5.55. The molecule has 0 spiro atoms. The maximum atomic E-state index is 13.6. The van der Waals surface area contributed by atoms with Crippen LogP contribution in [0.3, 0.4) is 0 Å². The van der Waals surface area contributed by atoms with Gasteiger partial charge in [-0.25, -0.2) is 4.39 Å². The summed E-state index contributed by atoms with van der Waals surface area (Å²) in [6, 6.07) is 15.6. The van der Waals surface area contributed by atoms with Crippen LogP contribution in [-0.2, 0) is 6.42 Å². The highest BCUT2D eigenvalue weighted by Gasteiger charge is 2.26. The lowest BCUT2D eigenvalue weighted by Gasteiger charge is -2.29. The highest BCUT2D eigenvalue weighted by atomic mass is 32.2. The molecule has 3 aromatic rings. The van der Waals surface area contributed by atoms with E-state index >= 15 is 0 Å². The van der Waals surface area contributed by atoms with Gasteiger partial charge in [-0.2, -0.15) is 11.8 Å². The standard InChI is InChI=1S/C24H27FN2S/c1-4-22-24(26-13-15-28-16-14-26)18(3)23(19-7-5-17(2)6-8-19)27(22)21-11-9-20(25)10-12-21/h5-12H,4,13-16H2,1-3H3. The Kier molecular flexibility index (Phi) is 5.49. The second kappa shape index (κ2) is 8.04. The first-order valence-electron chi connectivity index (χ1n) is 10.00. The second-order valence-corrected chi connectivity index (χ2v) is 8.62. The molecule has 4 heteroatoms. The molecule has 1 aliphatic rings. The fourth-order valence-electron chi connectivity index (χ4n) is 4.20. The number of thioether (sulfide) groups is 1. The summed E-state index contributed by atoms with van der Waals surface area (Å²) in [5.41, 5.74) is 8.70. The van der Waals surface area contributed by atoms with Crippen LogP contribution >= 0.6 is 11.8 Å². The number of hydrogen-bond donors (Lipinski definition) is 0. The van der Waals surface area contributed by atoms with E-state index in [2.05, 4.69) is 54.5 Å². The van der Waals surface area contributed by atoms with Gasteiger partial charge in [-0.05, 0) is 55.7 Å². The first kappa shape index (κ1) is 19.1. The Bertz CT molecular complexity index is 952. The fourth-order valence-corrected chi connectivity index (χ4v) is 5.10. The van der Waals surface area contributed by atoms with Gasteiger partial charge in [0.05, 0.1) is 11.4 Å². The van der Waals surface area contributed by atoms with E-state index in [1.165, 1.54) is 45.3 Å². The van der Waals surface area contributed by atoms with E-state index in [1.807, 2.05) is 23.9 Å². The lowest BCUT2D eigenvalue weighted by atomic mass is 10.1. The molecule has 4 rings (SSSR count). The van der Waals surface area contributed by atoms with Gasteiger partial charge in [-0.15, -0.1) is 0 Å². The molecule has 0 aliphatic carbocycles. The minimum absolute atomic E-state index is 0.198. The first-order valence-corrected chi connectivity index (χ1v) is 11.2. The largest absolute Gasteiger partial charge is 0.368 e. The molecule has 1 aromatic heterocycles. The molecule has 0 unspecified atom stereocenters. The molecule has 1 saturated heterocycles. The number of benzene rings is 2. The average Bonchev–Trinajstić information content (AvgIpc) is 3.02. The van der Waals surface area contributed by atoms with E-state index in [0.717, 1.165) is 25.2 Å². The lowest BCUT2D eigenvalue weighted by molar-refractivity contribution is 0.627. The predicted octanol–water partition coefficient (Wildman–Crippen LogP) is 6.02.